The first kappa shape index (κ1) is 12.5. The van der Waals surface area contributed by atoms with Crippen molar-refractivity contribution in [1.29, 1.82) is 0 Å². The summed E-state index contributed by atoms with van der Waals surface area (Å²) in [6, 6.07) is 13.3. The van der Waals surface area contributed by atoms with E-state index < -0.39 is 0 Å². The Bertz CT molecular complexity index is 788. The summed E-state index contributed by atoms with van der Waals surface area (Å²) < 4.78 is 7.04. The summed E-state index contributed by atoms with van der Waals surface area (Å²) in [6.45, 7) is 2.01. The summed E-state index contributed by atoms with van der Waals surface area (Å²) in [4.78, 5) is 12.0. The van der Waals surface area contributed by atoms with Gasteiger partial charge in [-0.1, -0.05) is 18.2 Å². The van der Waals surface area contributed by atoms with Crippen LogP contribution < -0.4 is 10.9 Å². The van der Waals surface area contributed by atoms with E-state index in [9.17, 15) is 4.79 Å². The minimum atomic E-state index is -0.0298. The fourth-order valence-electron chi connectivity index (χ4n) is 2.37. The number of hydrogen-bond acceptors (Lipinski definition) is 3. The fourth-order valence-corrected chi connectivity index (χ4v) is 2.37. The molecule has 2 aromatic heterocycles. The van der Waals surface area contributed by atoms with Crippen LogP contribution in [-0.4, -0.2) is 4.57 Å². The Morgan fingerprint density at radius 1 is 1.20 bits per heavy atom. The molecule has 102 valence electrons. The van der Waals surface area contributed by atoms with Gasteiger partial charge in [-0.05, 0) is 25.1 Å². The maximum Gasteiger partial charge on any atom is 0.252 e. The van der Waals surface area contributed by atoms with E-state index in [0.717, 1.165) is 22.4 Å². The van der Waals surface area contributed by atoms with E-state index in [1.807, 2.05) is 43.3 Å². The lowest BCUT2D eigenvalue weighted by molar-refractivity contribution is 0.490. The third kappa shape index (κ3) is 2.09. The topological polar surface area (TPSA) is 47.2 Å². The lowest BCUT2D eigenvalue weighted by atomic mass is 10.1. The summed E-state index contributed by atoms with van der Waals surface area (Å²) in [5, 5.41) is 4.37. The average Bonchev–Trinajstić information content (AvgIpc) is 2.99. The zero-order valence-corrected chi connectivity index (χ0v) is 11.5. The van der Waals surface area contributed by atoms with Gasteiger partial charge in [-0.25, -0.2) is 0 Å². The lowest BCUT2D eigenvalue weighted by Gasteiger charge is -2.16. The summed E-state index contributed by atoms with van der Waals surface area (Å²) in [5.41, 5.74) is 1.71. The molecule has 1 N–H and O–H groups in total. The first-order valence-corrected chi connectivity index (χ1v) is 6.55. The summed E-state index contributed by atoms with van der Waals surface area (Å²) >= 11 is 0. The molecular weight excluding hydrogens is 252 g/mol. The highest BCUT2D eigenvalue weighted by Crippen LogP contribution is 2.25. The molecule has 20 heavy (non-hydrogen) atoms. The van der Waals surface area contributed by atoms with Gasteiger partial charge in [0.15, 0.2) is 0 Å². The molecule has 2 heterocycles. The second-order valence-electron chi connectivity index (χ2n) is 4.85. The number of anilines is 1. The van der Waals surface area contributed by atoms with Gasteiger partial charge in [-0.3, -0.25) is 4.79 Å². The molecule has 0 aliphatic carbocycles. The molecule has 0 aliphatic heterocycles. The Morgan fingerprint density at radius 3 is 2.75 bits per heavy atom. The molecule has 3 rings (SSSR count). The monoisotopic (exact) mass is 268 g/mol. The summed E-state index contributed by atoms with van der Waals surface area (Å²) in [7, 11) is 1.78. The number of benzene rings is 1. The molecule has 0 fully saturated rings. The van der Waals surface area contributed by atoms with E-state index in [1.54, 1.807) is 23.9 Å². The fraction of sp³-hybridized carbons (Fsp3) is 0.188. The van der Waals surface area contributed by atoms with Gasteiger partial charge < -0.3 is 14.3 Å². The van der Waals surface area contributed by atoms with Crippen LogP contribution in [0.1, 0.15) is 18.7 Å². The number of hydrogen-bond donors (Lipinski definition) is 1. The van der Waals surface area contributed by atoms with Gasteiger partial charge >= 0.3 is 0 Å². The summed E-state index contributed by atoms with van der Waals surface area (Å²) in [5.74, 6) is 0.842. The van der Waals surface area contributed by atoms with Crippen LogP contribution in [0.4, 0.5) is 5.69 Å². The van der Waals surface area contributed by atoms with Crippen molar-refractivity contribution in [1.82, 2.24) is 4.57 Å². The van der Waals surface area contributed by atoms with Gasteiger partial charge in [0.25, 0.3) is 5.56 Å². The Labute approximate surface area is 116 Å². The van der Waals surface area contributed by atoms with E-state index in [-0.39, 0.29) is 11.6 Å². The van der Waals surface area contributed by atoms with E-state index in [2.05, 4.69) is 5.32 Å². The first-order chi connectivity index (χ1) is 9.66. The van der Waals surface area contributed by atoms with E-state index in [1.165, 1.54) is 0 Å². The SMILES string of the molecule is CC(Nc1cc(=O)n(C)c2ccccc12)c1ccco1. The molecule has 0 bridgehead atoms. The van der Waals surface area contributed by atoms with Crippen molar-refractivity contribution in [2.24, 2.45) is 7.05 Å². The molecule has 1 unspecified atom stereocenters. The zero-order chi connectivity index (χ0) is 14.1. The van der Waals surface area contributed by atoms with Crippen molar-refractivity contribution in [2.45, 2.75) is 13.0 Å². The molecule has 3 aromatic rings. The number of furan rings is 1. The first-order valence-electron chi connectivity index (χ1n) is 6.55. The van der Waals surface area contributed by atoms with Crippen LogP contribution in [0.2, 0.25) is 0 Å². The van der Waals surface area contributed by atoms with Gasteiger partial charge in [0.05, 0.1) is 17.8 Å². The predicted octanol–water partition coefficient (Wildman–Crippen LogP) is 3.30. The number of fused-ring (bicyclic) bond motifs is 1. The Balaban J connectivity index is 2.08. The average molecular weight is 268 g/mol. The molecule has 0 saturated heterocycles. The predicted molar refractivity (Wildman–Crippen MR) is 79.9 cm³/mol. The quantitative estimate of drug-likeness (QED) is 0.792. The third-order valence-corrected chi connectivity index (χ3v) is 3.50. The number of para-hydroxylation sites is 1. The van der Waals surface area contributed by atoms with E-state index in [4.69, 9.17) is 4.42 Å². The normalized spacial score (nSPS) is 12.5. The number of rotatable bonds is 3. The molecule has 4 heteroatoms. The lowest BCUT2D eigenvalue weighted by Crippen LogP contribution is -2.18. The van der Waals surface area contributed by atoms with Crippen molar-refractivity contribution in [2.75, 3.05) is 5.32 Å². The van der Waals surface area contributed by atoms with Gasteiger partial charge in [0, 0.05) is 24.2 Å². The standard InChI is InChI=1S/C16H16N2O2/c1-11(15-8-5-9-20-15)17-13-10-16(19)18(2)14-7-4-3-6-12(13)14/h3-11,17H,1-2H3. The van der Waals surface area contributed by atoms with Crippen molar-refractivity contribution >= 4 is 16.6 Å². The Morgan fingerprint density at radius 2 is 2.00 bits per heavy atom. The molecule has 0 saturated carbocycles. The molecule has 0 aliphatic rings. The van der Waals surface area contributed by atoms with Gasteiger partial charge in [0.2, 0.25) is 0 Å². The van der Waals surface area contributed by atoms with Crippen molar-refractivity contribution in [3.05, 3.63) is 64.8 Å². The smallest absolute Gasteiger partial charge is 0.252 e. The third-order valence-electron chi connectivity index (χ3n) is 3.50. The molecule has 0 spiro atoms. The second kappa shape index (κ2) is 4.89. The number of aryl methyl sites for hydroxylation is 1. The van der Waals surface area contributed by atoms with Gasteiger partial charge in [0.1, 0.15) is 5.76 Å². The van der Waals surface area contributed by atoms with Crippen molar-refractivity contribution < 1.29 is 4.42 Å². The van der Waals surface area contributed by atoms with Gasteiger partial charge in [-0.2, -0.15) is 0 Å². The highest BCUT2D eigenvalue weighted by atomic mass is 16.3. The molecule has 0 amide bonds. The van der Waals surface area contributed by atoms with Crippen LogP contribution in [0.3, 0.4) is 0 Å². The van der Waals surface area contributed by atoms with E-state index >= 15 is 0 Å². The van der Waals surface area contributed by atoms with Crippen LogP contribution >= 0.6 is 0 Å². The largest absolute Gasteiger partial charge is 0.467 e. The zero-order valence-electron chi connectivity index (χ0n) is 11.5. The minimum Gasteiger partial charge on any atom is -0.467 e. The van der Waals surface area contributed by atoms with Crippen molar-refractivity contribution in [3.8, 4) is 0 Å². The number of nitrogens with zero attached hydrogens (tertiary/aromatic N) is 1. The van der Waals surface area contributed by atoms with Crippen LogP contribution in [0.25, 0.3) is 10.9 Å². The van der Waals surface area contributed by atoms with Gasteiger partial charge in [-0.15, -0.1) is 0 Å². The minimum absolute atomic E-state index is 0.000474. The van der Waals surface area contributed by atoms with Crippen LogP contribution in [-0.2, 0) is 7.05 Å². The van der Waals surface area contributed by atoms with Crippen molar-refractivity contribution in [3.63, 3.8) is 0 Å². The molecule has 0 radical (unpaired) electrons. The molecule has 1 aromatic carbocycles. The second-order valence-corrected chi connectivity index (χ2v) is 4.85. The highest BCUT2D eigenvalue weighted by molar-refractivity contribution is 5.91. The van der Waals surface area contributed by atoms with Crippen LogP contribution in [0.5, 0.6) is 0 Å². The van der Waals surface area contributed by atoms with Crippen LogP contribution in [0.15, 0.2) is 57.9 Å². The maximum absolute atomic E-state index is 12.0. The van der Waals surface area contributed by atoms with E-state index in [0.29, 0.717) is 0 Å². The molecule has 1 atom stereocenters. The number of nitrogens with one attached hydrogen (secondary N) is 1. The summed E-state index contributed by atoms with van der Waals surface area (Å²) in [6.07, 6.45) is 1.65. The molecule has 4 nitrogen and oxygen atoms in total. The molecular formula is C16H16N2O2. The van der Waals surface area contributed by atoms with Crippen LogP contribution in [0, 0.1) is 0 Å². The number of pyridine rings is 1. The maximum atomic E-state index is 12.0. The Kier molecular flexibility index (Phi) is 3.06. The number of aromatic nitrogens is 1. The Hall–Kier alpha value is -2.49. The highest BCUT2D eigenvalue weighted by Gasteiger charge is 2.11.